The van der Waals surface area contributed by atoms with Gasteiger partial charge >= 0.3 is 0 Å². The van der Waals surface area contributed by atoms with Crippen LogP contribution in [-0.2, 0) is 0 Å². The molecule has 1 aliphatic rings. The molecule has 3 heteroatoms. The van der Waals surface area contributed by atoms with Gasteiger partial charge in [-0.2, -0.15) is 0 Å². The summed E-state index contributed by atoms with van der Waals surface area (Å²) in [6.45, 7) is 0. The monoisotopic (exact) mass is 685 g/mol. The third-order valence-electron chi connectivity index (χ3n) is 11.5. The van der Waals surface area contributed by atoms with E-state index in [9.17, 15) is 0 Å². The van der Waals surface area contributed by atoms with E-state index in [1.807, 2.05) is 6.20 Å². The quantitative estimate of drug-likeness (QED) is 0.181. The number of rotatable bonds is 4. The molecule has 0 spiro atoms. The van der Waals surface area contributed by atoms with Crippen molar-refractivity contribution < 1.29 is 0 Å². The molecule has 0 bridgehead atoms. The van der Waals surface area contributed by atoms with Gasteiger partial charge in [0.25, 0.3) is 0 Å². The Hall–Kier alpha value is -7.23. The second kappa shape index (κ2) is 11.1. The molecule has 0 radical (unpaired) electrons. The highest BCUT2D eigenvalue weighted by molar-refractivity contribution is 6.16. The van der Waals surface area contributed by atoms with Crippen LogP contribution in [0.3, 0.4) is 0 Å². The van der Waals surface area contributed by atoms with Crippen LogP contribution in [-0.4, -0.2) is 14.1 Å². The minimum absolute atomic E-state index is 1.05. The van der Waals surface area contributed by atoms with Crippen LogP contribution < -0.4 is 0 Å². The maximum absolute atomic E-state index is 4.67. The fourth-order valence-corrected chi connectivity index (χ4v) is 9.10. The molecule has 0 unspecified atom stereocenters. The lowest BCUT2D eigenvalue weighted by Crippen LogP contribution is -1.95. The molecule has 12 rings (SSSR count). The third-order valence-corrected chi connectivity index (χ3v) is 11.5. The molecular formula is C51H31N3. The van der Waals surface area contributed by atoms with Crippen molar-refractivity contribution in [3.8, 4) is 55.9 Å². The number of pyridine rings is 1. The van der Waals surface area contributed by atoms with Crippen LogP contribution >= 0.6 is 0 Å². The predicted octanol–water partition coefficient (Wildman–Crippen LogP) is 13.4. The Morgan fingerprint density at radius 2 is 0.889 bits per heavy atom. The zero-order valence-corrected chi connectivity index (χ0v) is 29.2. The molecule has 1 aliphatic carbocycles. The van der Waals surface area contributed by atoms with Crippen molar-refractivity contribution in [2.45, 2.75) is 0 Å². The molecule has 0 saturated heterocycles. The Labute approximate surface area is 311 Å². The van der Waals surface area contributed by atoms with Crippen LogP contribution in [0.1, 0.15) is 0 Å². The van der Waals surface area contributed by atoms with Crippen molar-refractivity contribution in [2.75, 3.05) is 0 Å². The van der Waals surface area contributed by atoms with Gasteiger partial charge in [-0.1, -0.05) is 109 Å². The fourth-order valence-electron chi connectivity index (χ4n) is 9.10. The van der Waals surface area contributed by atoms with Crippen LogP contribution in [0.25, 0.3) is 110 Å². The number of aromatic nitrogens is 3. The van der Waals surface area contributed by atoms with Gasteiger partial charge in [0.15, 0.2) is 0 Å². The number of hydrogen-bond donors (Lipinski definition) is 0. The van der Waals surface area contributed by atoms with Gasteiger partial charge in [-0.05, 0) is 117 Å². The smallest absolute Gasteiger partial charge is 0.0714 e. The largest absolute Gasteiger partial charge is 0.309 e. The Morgan fingerprint density at radius 1 is 0.315 bits per heavy atom. The Bertz CT molecular complexity index is 3320. The Morgan fingerprint density at radius 3 is 1.61 bits per heavy atom. The summed E-state index contributed by atoms with van der Waals surface area (Å²) in [6.07, 6.45) is 1.93. The van der Waals surface area contributed by atoms with Gasteiger partial charge < -0.3 is 9.13 Å². The molecular weight excluding hydrogens is 655 g/mol. The standard InChI is InChI=1S/C51H31N3/c1-2-10-32(11-3-1)33-12-8-13-36(28-33)53-47-18-6-4-14-39(47)44-29-34(20-24-49(44)53)35-21-25-50-45(30-35)40-15-5-7-19-48(40)54(50)37-22-23-38-41-16-9-17-46-51(41)42(26-27-52-46)43(38)31-37/h1-31H. The van der Waals surface area contributed by atoms with Crippen LogP contribution in [0.5, 0.6) is 0 Å². The maximum Gasteiger partial charge on any atom is 0.0714 e. The third kappa shape index (κ3) is 4.15. The first kappa shape index (κ1) is 29.4. The summed E-state index contributed by atoms with van der Waals surface area (Å²) in [4.78, 5) is 4.67. The minimum Gasteiger partial charge on any atom is -0.309 e. The molecule has 3 heterocycles. The summed E-state index contributed by atoms with van der Waals surface area (Å²) in [7, 11) is 0. The fraction of sp³-hybridized carbons (Fsp3) is 0. The molecule has 0 amide bonds. The van der Waals surface area contributed by atoms with E-state index in [-0.39, 0.29) is 0 Å². The van der Waals surface area contributed by atoms with Gasteiger partial charge in [0.2, 0.25) is 0 Å². The van der Waals surface area contributed by atoms with Crippen molar-refractivity contribution in [1.29, 1.82) is 0 Å². The lowest BCUT2D eigenvalue weighted by molar-refractivity contribution is 1.18. The van der Waals surface area contributed by atoms with E-state index in [0.717, 1.165) is 16.9 Å². The number of hydrogen-bond acceptors (Lipinski definition) is 1. The summed E-state index contributed by atoms with van der Waals surface area (Å²) in [5.41, 5.74) is 18.1. The highest BCUT2D eigenvalue weighted by Crippen LogP contribution is 2.48. The molecule has 8 aromatic carbocycles. The number of benzene rings is 8. The van der Waals surface area contributed by atoms with E-state index in [4.69, 9.17) is 0 Å². The Balaban J connectivity index is 1.01. The first-order valence-corrected chi connectivity index (χ1v) is 18.5. The van der Waals surface area contributed by atoms with E-state index >= 15 is 0 Å². The molecule has 0 aliphatic heterocycles. The van der Waals surface area contributed by atoms with Crippen LogP contribution in [0, 0.1) is 0 Å². The molecule has 250 valence electrons. The van der Waals surface area contributed by atoms with E-state index in [2.05, 4.69) is 196 Å². The number of fused-ring (bicyclic) bond motifs is 9. The molecule has 0 N–H and O–H groups in total. The summed E-state index contributed by atoms with van der Waals surface area (Å²) in [5.74, 6) is 0. The summed E-state index contributed by atoms with van der Waals surface area (Å²) >= 11 is 0. The van der Waals surface area contributed by atoms with Crippen molar-refractivity contribution in [3.63, 3.8) is 0 Å². The average molecular weight is 686 g/mol. The summed E-state index contributed by atoms with van der Waals surface area (Å²) in [5, 5.41) is 6.25. The first-order valence-electron chi connectivity index (χ1n) is 18.5. The van der Waals surface area contributed by atoms with Crippen molar-refractivity contribution >= 4 is 54.5 Å². The van der Waals surface area contributed by atoms with Gasteiger partial charge in [0, 0.05) is 44.5 Å². The van der Waals surface area contributed by atoms with E-state index in [0.29, 0.717) is 0 Å². The summed E-state index contributed by atoms with van der Waals surface area (Å²) < 4.78 is 4.83. The molecule has 3 nitrogen and oxygen atoms in total. The predicted molar refractivity (Wildman–Crippen MR) is 226 cm³/mol. The molecule has 54 heavy (non-hydrogen) atoms. The first-order chi connectivity index (χ1) is 26.8. The lowest BCUT2D eigenvalue weighted by Gasteiger charge is -2.12. The topological polar surface area (TPSA) is 22.8 Å². The molecule has 0 atom stereocenters. The van der Waals surface area contributed by atoms with Crippen molar-refractivity contribution in [3.05, 3.63) is 188 Å². The normalized spacial score (nSPS) is 12.1. The van der Waals surface area contributed by atoms with E-state index in [1.165, 1.54) is 93.5 Å². The molecule has 3 aromatic heterocycles. The second-order valence-electron chi connectivity index (χ2n) is 14.4. The Kier molecular flexibility index (Phi) is 6.05. The SMILES string of the molecule is c1ccc(-c2cccc(-n3c4ccccc4c4cc(-c5ccc6c(c5)c5ccccc5n6-c5ccc6c(c5)-c5ccnc7cccc-6c57)ccc43)c2)cc1. The van der Waals surface area contributed by atoms with Crippen molar-refractivity contribution in [1.82, 2.24) is 14.1 Å². The number of para-hydroxylation sites is 2. The van der Waals surface area contributed by atoms with E-state index in [1.54, 1.807) is 0 Å². The highest BCUT2D eigenvalue weighted by Gasteiger charge is 2.23. The molecule has 0 saturated carbocycles. The maximum atomic E-state index is 4.67. The number of nitrogens with zero attached hydrogens (tertiary/aromatic N) is 3. The van der Waals surface area contributed by atoms with Gasteiger partial charge in [0.1, 0.15) is 0 Å². The van der Waals surface area contributed by atoms with Gasteiger partial charge in [-0.15, -0.1) is 0 Å². The van der Waals surface area contributed by atoms with Crippen LogP contribution in [0.2, 0.25) is 0 Å². The average Bonchev–Trinajstić information content (AvgIpc) is 3.87. The lowest BCUT2D eigenvalue weighted by atomic mass is 10.0. The molecule has 11 aromatic rings. The minimum atomic E-state index is 1.05. The van der Waals surface area contributed by atoms with E-state index < -0.39 is 0 Å². The van der Waals surface area contributed by atoms with Gasteiger partial charge in [0.05, 0.1) is 27.6 Å². The van der Waals surface area contributed by atoms with Crippen LogP contribution in [0.15, 0.2) is 188 Å². The summed E-state index contributed by atoms with van der Waals surface area (Å²) in [6, 6.07) is 66.5. The highest BCUT2D eigenvalue weighted by atomic mass is 15.0. The van der Waals surface area contributed by atoms with Gasteiger partial charge in [-0.25, -0.2) is 0 Å². The second-order valence-corrected chi connectivity index (χ2v) is 14.4. The van der Waals surface area contributed by atoms with Gasteiger partial charge in [-0.3, -0.25) is 4.98 Å². The van der Waals surface area contributed by atoms with Crippen LogP contribution in [0.4, 0.5) is 0 Å². The zero-order chi connectivity index (χ0) is 35.3. The van der Waals surface area contributed by atoms with Crippen molar-refractivity contribution in [2.24, 2.45) is 0 Å². The zero-order valence-electron chi connectivity index (χ0n) is 29.2. The molecule has 0 fully saturated rings.